The summed E-state index contributed by atoms with van der Waals surface area (Å²) in [6, 6.07) is 52.4. The summed E-state index contributed by atoms with van der Waals surface area (Å²) in [5.74, 6) is 1.58. The molecule has 0 spiro atoms. The second-order valence-electron chi connectivity index (χ2n) is 12.9. The number of hydrogen-bond donors (Lipinski definition) is 1. The summed E-state index contributed by atoms with van der Waals surface area (Å²) < 4.78 is 15.7. The molecule has 0 fully saturated rings. The zero-order valence-corrected chi connectivity index (χ0v) is 27.9. The van der Waals surface area contributed by atoms with Gasteiger partial charge in [-0.15, -0.1) is 11.3 Å². The number of rotatable bonds is 4. The van der Waals surface area contributed by atoms with E-state index < -0.39 is 6.17 Å². The minimum atomic E-state index is -0.506. The van der Waals surface area contributed by atoms with Crippen molar-refractivity contribution in [3.63, 3.8) is 0 Å². The van der Waals surface area contributed by atoms with Gasteiger partial charge in [0.25, 0.3) is 0 Å². The number of furan rings is 2. The van der Waals surface area contributed by atoms with Crippen molar-refractivity contribution in [1.82, 2.24) is 5.32 Å². The predicted molar refractivity (Wildman–Crippen MR) is 211 cm³/mol. The van der Waals surface area contributed by atoms with Gasteiger partial charge in [0.2, 0.25) is 0 Å². The normalized spacial score (nSPS) is 14.9. The van der Waals surface area contributed by atoms with Crippen molar-refractivity contribution in [2.45, 2.75) is 6.17 Å². The van der Waals surface area contributed by atoms with Gasteiger partial charge in [0.1, 0.15) is 34.0 Å². The lowest BCUT2D eigenvalue weighted by Gasteiger charge is -2.23. The van der Waals surface area contributed by atoms with Gasteiger partial charge in [-0.3, -0.25) is 0 Å². The highest BCUT2D eigenvalue weighted by atomic mass is 32.1. The maximum absolute atomic E-state index is 6.75. The van der Waals surface area contributed by atoms with Crippen molar-refractivity contribution < 1.29 is 8.83 Å². The molecule has 1 N–H and O–H groups in total. The van der Waals surface area contributed by atoms with Gasteiger partial charge in [-0.05, 0) is 24.3 Å². The molecule has 1 aliphatic heterocycles. The number of amidine groups is 2. The largest absolute Gasteiger partial charge is 0.455 e. The lowest BCUT2D eigenvalue weighted by Crippen LogP contribution is -2.36. The SMILES string of the molecule is c1ccc(C2=NC(c3cccc4oc5c(-c6cccc7c6oc6ccccc67)cccc5c34)N=C(c3cccc4c3sc3ccccc34)N2)cc1. The zero-order chi connectivity index (χ0) is 33.5. The highest BCUT2D eigenvalue weighted by molar-refractivity contribution is 7.26. The molecule has 51 heavy (non-hydrogen) atoms. The van der Waals surface area contributed by atoms with Crippen LogP contribution in [0.5, 0.6) is 0 Å². The molecular weight excluding hydrogens is 647 g/mol. The molecule has 1 atom stereocenters. The first kappa shape index (κ1) is 28.3. The fourth-order valence-corrected chi connectivity index (χ4v) is 8.88. The molecule has 1 unspecified atom stereocenters. The summed E-state index contributed by atoms with van der Waals surface area (Å²) >= 11 is 1.80. The molecule has 0 amide bonds. The first-order chi connectivity index (χ1) is 25.3. The van der Waals surface area contributed by atoms with Crippen molar-refractivity contribution in [2.75, 3.05) is 0 Å². The van der Waals surface area contributed by atoms with Crippen LogP contribution >= 0.6 is 11.3 Å². The van der Waals surface area contributed by atoms with E-state index >= 15 is 0 Å². The molecule has 5 nitrogen and oxygen atoms in total. The molecule has 11 rings (SSSR count). The van der Waals surface area contributed by atoms with E-state index in [2.05, 4.69) is 115 Å². The predicted octanol–water partition coefficient (Wildman–Crippen LogP) is 12.0. The Balaban J connectivity index is 1.13. The number of fused-ring (bicyclic) bond motifs is 9. The summed E-state index contributed by atoms with van der Waals surface area (Å²) in [5, 5.41) is 10.3. The third-order valence-corrected chi connectivity index (χ3v) is 11.2. The monoisotopic (exact) mass is 673 g/mol. The van der Waals surface area contributed by atoms with Gasteiger partial charge in [-0.2, -0.15) is 0 Å². The van der Waals surface area contributed by atoms with E-state index in [0.717, 1.165) is 83.4 Å². The van der Waals surface area contributed by atoms with Crippen LogP contribution in [-0.4, -0.2) is 11.7 Å². The molecule has 10 aromatic rings. The van der Waals surface area contributed by atoms with Crippen molar-refractivity contribution in [2.24, 2.45) is 9.98 Å². The number of benzene rings is 7. The molecule has 6 heteroatoms. The Morgan fingerprint density at radius 2 is 1.08 bits per heavy atom. The van der Waals surface area contributed by atoms with Crippen LogP contribution in [0.3, 0.4) is 0 Å². The van der Waals surface area contributed by atoms with Gasteiger partial charge in [-0.25, -0.2) is 9.98 Å². The van der Waals surface area contributed by atoms with Crippen LogP contribution in [-0.2, 0) is 0 Å². The summed E-state index contributed by atoms with van der Waals surface area (Å²) in [6.45, 7) is 0. The first-order valence-electron chi connectivity index (χ1n) is 17.0. The fourth-order valence-electron chi connectivity index (χ4n) is 7.66. The maximum Gasteiger partial charge on any atom is 0.170 e. The van der Waals surface area contributed by atoms with E-state index in [-0.39, 0.29) is 0 Å². The average molecular weight is 674 g/mol. The van der Waals surface area contributed by atoms with Crippen LogP contribution in [0.2, 0.25) is 0 Å². The number of thiophene rings is 1. The Labute approximate surface area is 295 Å². The summed E-state index contributed by atoms with van der Waals surface area (Å²) in [6.07, 6.45) is -0.506. The van der Waals surface area contributed by atoms with Crippen molar-refractivity contribution >= 4 is 87.1 Å². The number of hydrogen-bond acceptors (Lipinski definition) is 6. The number of nitrogens with zero attached hydrogens (tertiary/aromatic N) is 2. The minimum absolute atomic E-state index is 0.506. The van der Waals surface area contributed by atoms with Crippen molar-refractivity contribution in [3.05, 3.63) is 168 Å². The van der Waals surface area contributed by atoms with Crippen LogP contribution < -0.4 is 5.32 Å². The number of aliphatic imine (C=N–C) groups is 2. The Kier molecular flexibility index (Phi) is 6.12. The maximum atomic E-state index is 6.75. The third kappa shape index (κ3) is 4.33. The molecule has 240 valence electrons. The second kappa shape index (κ2) is 11.0. The Morgan fingerprint density at radius 3 is 1.94 bits per heavy atom. The van der Waals surface area contributed by atoms with Gasteiger partial charge in [0, 0.05) is 69.5 Å². The molecule has 0 radical (unpaired) electrons. The van der Waals surface area contributed by atoms with Gasteiger partial charge >= 0.3 is 0 Å². The molecule has 0 bridgehead atoms. The lowest BCUT2D eigenvalue weighted by atomic mass is 9.98. The Hall–Kier alpha value is -6.50. The minimum Gasteiger partial charge on any atom is -0.455 e. The van der Waals surface area contributed by atoms with Gasteiger partial charge in [0.05, 0.1) is 0 Å². The summed E-state index contributed by atoms with van der Waals surface area (Å²) in [4.78, 5) is 10.6. The summed E-state index contributed by atoms with van der Waals surface area (Å²) in [7, 11) is 0. The summed E-state index contributed by atoms with van der Waals surface area (Å²) in [5.41, 5.74) is 8.37. The smallest absolute Gasteiger partial charge is 0.170 e. The van der Waals surface area contributed by atoms with Gasteiger partial charge in [0.15, 0.2) is 6.17 Å². The zero-order valence-electron chi connectivity index (χ0n) is 27.1. The van der Waals surface area contributed by atoms with Crippen LogP contribution in [0.4, 0.5) is 0 Å². The second-order valence-corrected chi connectivity index (χ2v) is 13.9. The molecule has 0 aliphatic carbocycles. The van der Waals surface area contributed by atoms with Crippen LogP contribution in [0.25, 0.3) is 75.2 Å². The van der Waals surface area contributed by atoms with E-state index in [1.54, 1.807) is 11.3 Å². The van der Waals surface area contributed by atoms with Crippen LogP contribution in [0.1, 0.15) is 22.9 Å². The van der Waals surface area contributed by atoms with Crippen molar-refractivity contribution in [1.29, 1.82) is 0 Å². The molecule has 1 aliphatic rings. The van der Waals surface area contributed by atoms with Crippen LogP contribution in [0.15, 0.2) is 170 Å². The highest BCUT2D eigenvalue weighted by Crippen LogP contribution is 2.44. The standard InChI is InChI=1S/C45H27N3O2S/c1-2-12-26(13-3-1)43-46-44(48-45(47-43)35-22-10-19-32-28-15-5-7-25-38(28)51-42(32)35)34-21-11-24-37-39(34)33-20-9-18-31(41(33)50-37)30-17-8-16-29-27-14-4-6-23-36(27)49-40(29)30/h1-25,44H,(H,46,47,48). The fraction of sp³-hybridized carbons (Fsp3) is 0.0222. The molecule has 3 aromatic heterocycles. The van der Waals surface area contributed by atoms with Crippen LogP contribution in [0, 0.1) is 0 Å². The first-order valence-corrected chi connectivity index (χ1v) is 17.8. The number of nitrogens with one attached hydrogen (secondary N) is 1. The Morgan fingerprint density at radius 1 is 0.471 bits per heavy atom. The van der Waals surface area contributed by atoms with Gasteiger partial charge in [-0.1, -0.05) is 127 Å². The number of para-hydroxylation sites is 3. The topological polar surface area (TPSA) is 63.0 Å². The molecular formula is C45H27N3O2S. The van der Waals surface area contributed by atoms with E-state index in [1.807, 2.05) is 42.5 Å². The van der Waals surface area contributed by atoms with E-state index in [4.69, 9.17) is 18.8 Å². The van der Waals surface area contributed by atoms with Gasteiger partial charge < -0.3 is 14.2 Å². The highest BCUT2D eigenvalue weighted by Gasteiger charge is 2.26. The average Bonchev–Trinajstić information content (AvgIpc) is 3.89. The van der Waals surface area contributed by atoms with E-state index in [0.29, 0.717) is 0 Å². The molecule has 0 saturated heterocycles. The lowest BCUT2D eigenvalue weighted by molar-refractivity contribution is 0.664. The molecule has 0 saturated carbocycles. The Bertz CT molecular complexity index is 3070. The molecule has 7 aromatic carbocycles. The third-order valence-electron chi connectivity index (χ3n) is 9.97. The van der Waals surface area contributed by atoms with E-state index in [9.17, 15) is 0 Å². The quantitative estimate of drug-likeness (QED) is 0.202. The van der Waals surface area contributed by atoms with Crippen molar-refractivity contribution in [3.8, 4) is 11.1 Å². The molecule has 4 heterocycles. The van der Waals surface area contributed by atoms with E-state index in [1.165, 1.54) is 20.2 Å².